The Kier molecular flexibility index (Phi) is 4.81. The van der Waals surface area contributed by atoms with E-state index in [4.69, 9.17) is 9.47 Å². The van der Waals surface area contributed by atoms with Gasteiger partial charge >= 0.3 is 0 Å². The monoisotopic (exact) mass is 343 g/mol. The van der Waals surface area contributed by atoms with Crippen LogP contribution in [-0.2, 0) is 11.3 Å². The molecule has 0 unspecified atom stereocenters. The van der Waals surface area contributed by atoms with Gasteiger partial charge in [0.05, 0.1) is 20.3 Å². The zero-order valence-corrected chi connectivity index (χ0v) is 16.0. The molecule has 136 valence electrons. The zero-order chi connectivity index (χ0) is 18.2. The average molecular weight is 343 g/mol. The van der Waals surface area contributed by atoms with Crippen molar-refractivity contribution in [2.75, 3.05) is 20.3 Å². The summed E-state index contributed by atoms with van der Waals surface area (Å²) in [4.78, 5) is 15.0. The van der Waals surface area contributed by atoms with Crippen LogP contribution >= 0.6 is 0 Å². The molecule has 0 spiro atoms. The Labute approximate surface area is 150 Å². The molecule has 2 aliphatic heterocycles. The normalized spacial score (nSPS) is 18.2. The molecule has 0 saturated carbocycles. The van der Waals surface area contributed by atoms with Crippen molar-refractivity contribution in [2.24, 2.45) is 11.3 Å². The van der Waals surface area contributed by atoms with Crippen LogP contribution in [0.1, 0.15) is 51.7 Å². The first-order valence-corrected chi connectivity index (χ1v) is 9.23. The second-order valence-electron chi connectivity index (χ2n) is 7.77. The lowest BCUT2D eigenvalue weighted by Crippen LogP contribution is -2.39. The summed E-state index contributed by atoms with van der Waals surface area (Å²) in [5.41, 5.74) is 3.30. The Bertz CT molecular complexity index is 701. The molecule has 1 aromatic carbocycles. The van der Waals surface area contributed by atoms with Crippen LogP contribution in [-0.4, -0.2) is 31.1 Å². The Morgan fingerprint density at radius 1 is 1.28 bits per heavy atom. The van der Waals surface area contributed by atoms with Gasteiger partial charge in [0.1, 0.15) is 11.5 Å². The lowest BCUT2D eigenvalue weighted by molar-refractivity contribution is -0.135. The summed E-state index contributed by atoms with van der Waals surface area (Å²) in [6.07, 6.45) is 4.03. The zero-order valence-electron chi connectivity index (χ0n) is 16.0. The molecule has 0 aromatic heterocycles. The van der Waals surface area contributed by atoms with Gasteiger partial charge in [-0.25, -0.2) is 0 Å². The predicted octanol–water partition coefficient (Wildman–Crippen LogP) is 4.28. The van der Waals surface area contributed by atoms with Crippen LogP contribution in [0.3, 0.4) is 0 Å². The van der Waals surface area contributed by atoms with Gasteiger partial charge in [-0.3, -0.25) is 4.79 Å². The first-order valence-electron chi connectivity index (χ1n) is 9.23. The van der Waals surface area contributed by atoms with Crippen molar-refractivity contribution < 1.29 is 14.3 Å². The van der Waals surface area contributed by atoms with Crippen LogP contribution in [0.15, 0.2) is 18.2 Å². The number of hydrogen-bond acceptors (Lipinski definition) is 3. The van der Waals surface area contributed by atoms with E-state index in [1.54, 1.807) is 7.11 Å². The van der Waals surface area contributed by atoms with Crippen LogP contribution in [0.5, 0.6) is 11.5 Å². The second kappa shape index (κ2) is 6.74. The molecule has 2 heterocycles. The fraction of sp³-hybridized carbons (Fsp3) is 0.571. The van der Waals surface area contributed by atoms with Gasteiger partial charge in [0.15, 0.2) is 0 Å². The Morgan fingerprint density at radius 3 is 2.64 bits per heavy atom. The standard InChI is InChI=1S/C21H29NO3/c1-6-14(7-2)20(23)22-11-15-10-21(3,4)13-25-18-9-8-17(24-5)16(12-22)19(15)18/h8-10,14H,6-7,11-13H2,1-5H3. The summed E-state index contributed by atoms with van der Waals surface area (Å²) in [6.45, 7) is 10.4. The van der Waals surface area contributed by atoms with Gasteiger partial charge in [-0.2, -0.15) is 0 Å². The van der Waals surface area contributed by atoms with E-state index < -0.39 is 0 Å². The van der Waals surface area contributed by atoms with Gasteiger partial charge in [0.2, 0.25) is 5.91 Å². The van der Waals surface area contributed by atoms with E-state index >= 15 is 0 Å². The van der Waals surface area contributed by atoms with Crippen LogP contribution < -0.4 is 9.47 Å². The third kappa shape index (κ3) is 3.26. The number of amides is 1. The average Bonchev–Trinajstić information content (AvgIpc) is 2.72. The highest BCUT2D eigenvalue weighted by molar-refractivity contribution is 5.86. The molecule has 25 heavy (non-hydrogen) atoms. The predicted molar refractivity (Wildman–Crippen MR) is 99.7 cm³/mol. The molecule has 0 aliphatic carbocycles. The smallest absolute Gasteiger partial charge is 0.226 e. The maximum absolute atomic E-state index is 13.0. The number of carbonyl (C=O) groups excluding carboxylic acids is 1. The first kappa shape index (κ1) is 17.8. The van der Waals surface area contributed by atoms with Gasteiger partial charge in [-0.05, 0) is 30.5 Å². The van der Waals surface area contributed by atoms with E-state index in [2.05, 4.69) is 33.8 Å². The quantitative estimate of drug-likeness (QED) is 0.819. The van der Waals surface area contributed by atoms with Crippen molar-refractivity contribution in [3.05, 3.63) is 29.3 Å². The van der Waals surface area contributed by atoms with Crippen LogP contribution in [0, 0.1) is 11.3 Å². The third-order valence-electron chi connectivity index (χ3n) is 5.29. The van der Waals surface area contributed by atoms with Gasteiger partial charge in [-0.15, -0.1) is 0 Å². The number of nitrogens with zero attached hydrogens (tertiary/aromatic N) is 1. The lowest BCUT2D eigenvalue weighted by atomic mass is 9.86. The Balaban J connectivity index is 2.09. The van der Waals surface area contributed by atoms with E-state index in [9.17, 15) is 4.79 Å². The topological polar surface area (TPSA) is 38.8 Å². The number of carbonyl (C=O) groups is 1. The summed E-state index contributed by atoms with van der Waals surface area (Å²) in [7, 11) is 1.69. The number of hydrogen-bond donors (Lipinski definition) is 0. The Hall–Kier alpha value is -1.97. The SMILES string of the molecule is CCC(CC)C(=O)N1CC2=CC(C)(C)COc3ccc(OC)c(c32)C1. The van der Waals surface area contributed by atoms with Gasteiger partial charge in [0, 0.05) is 29.0 Å². The molecule has 4 nitrogen and oxygen atoms in total. The molecular formula is C21H29NO3. The number of ether oxygens (including phenoxy) is 2. The fourth-order valence-corrected chi connectivity index (χ4v) is 3.91. The molecule has 0 saturated heterocycles. The largest absolute Gasteiger partial charge is 0.496 e. The minimum atomic E-state index is -0.0696. The summed E-state index contributed by atoms with van der Waals surface area (Å²) in [5, 5.41) is 0. The minimum absolute atomic E-state index is 0.0696. The second-order valence-corrected chi connectivity index (χ2v) is 7.77. The molecule has 0 radical (unpaired) electrons. The van der Waals surface area contributed by atoms with Crippen molar-refractivity contribution >= 4 is 11.5 Å². The van der Waals surface area contributed by atoms with E-state index in [0.29, 0.717) is 19.7 Å². The number of methoxy groups -OCH3 is 1. The minimum Gasteiger partial charge on any atom is -0.496 e. The molecule has 0 atom stereocenters. The lowest BCUT2D eigenvalue weighted by Gasteiger charge is -2.34. The van der Waals surface area contributed by atoms with Crippen molar-refractivity contribution in [2.45, 2.75) is 47.1 Å². The summed E-state index contributed by atoms with van der Waals surface area (Å²) >= 11 is 0. The van der Waals surface area contributed by atoms with Gasteiger partial charge in [-0.1, -0.05) is 33.8 Å². The number of rotatable bonds is 4. The number of benzene rings is 1. The molecular weight excluding hydrogens is 314 g/mol. The summed E-state index contributed by atoms with van der Waals surface area (Å²) in [5.74, 6) is 2.07. The highest BCUT2D eigenvalue weighted by Crippen LogP contribution is 2.44. The molecule has 1 aromatic rings. The van der Waals surface area contributed by atoms with E-state index in [0.717, 1.165) is 35.5 Å². The van der Waals surface area contributed by atoms with Gasteiger partial charge in [0.25, 0.3) is 0 Å². The van der Waals surface area contributed by atoms with Crippen LogP contribution in [0.4, 0.5) is 0 Å². The fourth-order valence-electron chi connectivity index (χ4n) is 3.91. The summed E-state index contributed by atoms with van der Waals surface area (Å²) in [6, 6.07) is 3.94. The highest BCUT2D eigenvalue weighted by atomic mass is 16.5. The van der Waals surface area contributed by atoms with E-state index in [1.165, 1.54) is 5.57 Å². The van der Waals surface area contributed by atoms with Crippen molar-refractivity contribution in [3.8, 4) is 11.5 Å². The molecule has 0 fully saturated rings. The molecule has 2 aliphatic rings. The van der Waals surface area contributed by atoms with Crippen molar-refractivity contribution in [3.63, 3.8) is 0 Å². The molecule has 1 amide bonds. The molecule has 3 rings (SSSR count). The third-order valence-corrected chi connectivity index (χ3v) is 5.29. The van der Waals surface area contributed by atoms with E-state index in [1.807, 2.05) is 17.0 Å². The van der Waals surface area contributed by atoms with Crippen LogP contribution in [0.2, 0.25) is 0 Å². The highest BCUT2D eigenvalue weighted by Gasteiger charge is 2.34. The Morgan fingerprint density at radius 2 is 2.00 bits per heavy atom. The van der Waals surface area contributed by atoms with Crippen molar-refractivity contribution in [1.29, 1.82) is 0 Å². The maximum Gasteiger partial charge on any atom is 0.226 e. The molecule has 0 bridgehead atoms. The van der Waals surface area contributed by atoms with Gasteiger partial charge < -0.3 is 14.4 Å². The molecule has 0 N–H and O–H groups in total. The summed E-state index contributed by atoms with van der Waals surface area (Å²) < 4.78 is 11.7. The molecule has 4 heteroatoms. The maximum atomic E-state index is 13.0. The van der Waals surface area contributed by atoms with E-state index in [-0.39, 0.29) is 17.2 Å². The van der Waals surface area contributed by atoms with Crippen molar-refractivity contribution in [1.82, 2.24) is 4.90 Å². The van der Waals surface area contributed by atoms with Crippen LogP contribution in [0.25, 0.3) is 5.57 Å². The first-order chi connectivity index (χ1) is 11.9.